The summed E-state index contributed by atoms with van der Waals surface area (Å²) in [6.07, 6.45) is 7.19. The monoisotopic (exact) mass is 235 g/mol. The molecular formula is C14H25N3. The van der Waals surface area contributed by atoms with Crippen LogP contribution >= 0.6 is 0 Å². The fourth-order valence-electron chi connectivity index (χ4n) is 2.23. The van der Waals surface area contributed by atoms with Gasteiger partial charge in [-0.25, -0.2) is 0 Å². The van der Waals surface area contributed by atoms with Crippen molar-refractivity contribution in [3.63, 3.8) is 0 Å². The van der Waals surface area contributed by atoms with E-state index in [4.69, 9.17) is 0 Å². The normalized spacial score (nSPS) is 17.6. The summed E-state index contributed by atoms with van der Waals surface area (Å²) in [4.78, 5) is 0. The topological polar surface area (TPSA) is 29.9 Å². The lowest BCUT2D eigenvalue weighted by atomic mass is 10.1. The number of nitrogens with zero attached hydrogens (tertiary/aromatic N) is 2. The molecule has 1 unspecified atom stereocenters. The van der Waals surface area contributed by atoms with Crippen molar-refractivity contribution in [3.8, 4) is 0 Å². The minimum absolute atomic E-state index is 0.465. The molecule has 1 aromatic rings. The Kier molecular flexibility index (Phi) is 4.21. The quantitative estimate of drug-likeness (QED) is 0.787. The van der Waals surface area contributed by atoms with Gasteiger partial charge in [0.25, 0.3) is 0 Å². The number of aromatic nitrogens is 2. The molecule has 1 fully saturated rings. The third-order valence-corrected chi connectivity index (χ3v) is 3.47. The van der Waals surface area contributed by atoms with Gasteiger partial charge in [-0.05, 0) is 51.6 Å². The number of hydrogen-bond acceptors (Lipinski definition) is 2. The molecule has 3 heteroatoms. The molecule has 2 rings (SSSR count). The first kappa shape index (κ1) is 12.6. The van der Waals surface area contributed by atoms with E-state index >= 15 is 0 Å². The summed E-state index contributed by atoms with van der Waals surface area (Å²) < 4.78 is 2.05. The lowest BCUT2D eigenvalue weighted by Crippen LogP contribution is -2.33. The van der Waals surface area contributed by atoms with Crippen molar-refractivity contribution in [1.29, 1.82) is 0 Å². The molecule has 0 saturated heterocycles. The second kappa shape index (κ2) is 5.67. The Hall–Kier alpha value is -0.830. The largest absolute Gasteiger partial charge is 0.313 e. The van der Waals surface area contributed by atoms with E-state index in [1.54, 1.807) is 0 Å². The Morgan fingerprint density at radius 2 is 2.24 bits per heavy atom. The molecule has 1 saturated carbocycles. The molecule has 1 aliphatic carbocycles. The van der Waals surface area contributed by atoms with Crippen molar-refractivity contribution < 1.29 is 0 Å². The second-order valence-electron chi connectivity index (χ2n) is 5.48. The Bertz CT molecular complexity index is 339. The standard InChI is InChI=1S/C14H25N3/c1-4-8-15-14(12-5-6-12)10-13-7-9-17(16-13)11(2)3/h7,9,11-12,14-15H,4-6,8,10H2,1-3H3. The maximum atomic E-state index is 4.64. The van der Waals surface area contributed by atoms with Crippen LogP contribution in [0.5, 0.6) is 0 Å². The summed E-state index contributed by atoms with van der Waals surface area (Å²) in [5.41, 5.74) is 1.24. The molecular weight excluding hydrogens is 210 g/mol. The van der Waals surface area contributed by atoms with Crippen LogP contribution in [0.2, 0.25) is 0 Å². The summed E-state index contributed by atoms with van der Waals surface area (Å²) in [6.45, 7) is 7.70. The molecule has 3 nitrogen and oxygen atoms in total. The van der Waals surface area contributed by atoms with Crippen LogP contribution in [0.4, 0.5) is 0 Å². The van der Waals surface area contributed by atoms with Crippen molar-refractivity contribution in [1.82, 2.24) is 15.1 Å². The lowest BCUT2D eigenvalue weighted by molar-refractivity contribution is 0.449. The van der Waals surface area contributed by atoms with E-state index in [1.165, 1.54) is 25.0 Å². The van der Waals surface area contributed by atoms with Crippen LogP contribution in [0.25, 0.3) is 0 Å². The van der Waals surface area contributed by atoms with Crippen LogP contribution in [-0.2, 0) is 6.42 Å². The summed E-state index contributed by atoms with van der Waals surface area (Å²) >= 11 is 0. The lowest BCUT2D eigenvalue weighted by Gasteiger charge is -2.16. The van der Waals surface area contributed by atoms with Gasteiger partial charge in [-0.3, -0.25) is 4.68 Å². The molecule has 0 aromatic carbocycles. The Balaban J connectivity index is 1.91. The van der Waals surface area contributed by atoms with E-state index in [0.717, 1.165) is 18.9 Å². The average molecular weight is 235 g/mol. The van der Waals surface area contributed by atoms with Gasteiger partial charge in [0, 0.05) is 24.7 Å². The predicted molar refractivity (Wildman–Crippen MR) is 71.1 cm³/mol. The first-order chi connectivity index (χ1) is 8.20. The molecule has 17 heavy (non-hydrogen) atoms. The van der Waals surface area contributed by atoms with Crippen molar-refractivity contribution in [2.75, 3.05) is 6.54 Å². The van der Waals surface area contributed by atoms with Crippen LogP contribution < -0.4 is 5.32 Å². The molecule has 1 aromatic heterocycles. The van der Waals surface area contributed by atoms with Crippen molar-refractivity contribution in [3.05, 3.63) is 18.0 Å². The minimum atomic E-state index is 0.465. The molecule has 96 valence electrons. The molecule has 1 aliphatic rings. The molecule has 0 amide bonds. The molecule has 0 aliphatic heterocycles. The van der Waals surface area contributed by atoms with Gasteiger partial charge >= 0.3 is 0 Å². The van der Waals surface area contributed by atoms with Crippen molar-refractivity contribution in [2.24, 2.45) is 5.92 Å². The van der Waals surface area contributed by atoms with Gasteiger partial charge < -0.3 is 5.32 Å². The fraction of sp³-hybridized carbons (Fsp3) is 0.786. The van der Waals surface area contributed by atoms with Gasteiger partial charge in [0.1, 0.15) is 0 Å². The highest BCUT2D eigenvalue weighted by atomic mass is 15.3. The van der Waals surface area contributed by atoms with Crippen LogP contribution in [0, 0.1) is 5.92 Å². The Morgan fingerprint density at radius 3 is 2.76 bits per heavy atom. The number of hydrogen-bond donors (Lipinski definition) is 1. The van der Waals surface area contributed by atoms with E-state index in [1.807, 2.05) is 0 Å². The smallest absolute Gasteiger partial charge is 0.0640 e. The van der Waals surface area contributed by atoms with Crippen LogP contribution in [0.1, 0.15) is 51.8 Å². The third kappa shape index (κ3) is 3.56. The first-order valence-electron chi connectivity index (χ1n) is 6.98. The predicted octanol–water partition coefficient (Wildman–Crippen LogP) is 2.78. The second-order valence-corrected chi connectivity index (χ2v) is 5.48. The minimum Gasteiger partial charge on any atom is -0.313 e. The van der Waals surface area contributed by atoms with Crippen molar-refractivity contribution in [2.45, 2.75) is 58.5 Å². The highest BCUT2D eigenvalue weighted by Gasteiger charge is 2.31. The molecule has 0 spiro atoms. The van der Waals surface area contributed by atoms with Gasteiger partial charge in [0.05, 0.1) is 5.69 Å². The van der Waals surface area contributed by atoms with Crippen molar-refractivity contribution >= 4 is 0 Å². The summed E-state index contributed by atoms with van der Waals surface area (Å²) in [5, 5.41) is 8.31. The number of nitrogens with one attached hydrogen (secondary N) is 1. The first-order valence-corrected chi connectivity index (χ1v) is 6.98. The van der Waals surface area contributed by atoms with E-state index in [-0.39, 0.29) is 0 Å². The summed E-state index contributed by atoms with van der Waals surface area (Å²) in [5.74, 6) is 0.894. The van der Waals surface area contributed by atoms with E-state index in [0.29, 0.717) is 12.1 Å². The summed E-state index contributed by atoms with van der Waals surface area (Å²) in [7, 11) is 0. The zero-order valence-corrected chi connectivity index (χ0v) is 11.3. The zero-order valence-electron chi connectivity index (χ0n) is 11.3. The Morgan fingerprint density at radius 1 is 1.47 bits per heavy atom. The average Bonchev–Trinajstić information content (AvgIpc) is 3.04. The van der Waals surface area contributed by atoms with Gasteiger partial charge in [0.2, 0.25) is 0 Å². The molecule has 0 radical (unpaired) electrons. The highest BCUT2D eigenvalue weighted by Crippen LogP contribution is 2.33. The highest BCUT2D eigenvalue weighted by molar-refractivity contribution is 5.04. The van der Waals surface area contributed by atoms with Crippen LogP contribution in [0.3, 0.4) is 0 Å². The fourth-order valence-corrected chi connectivity index (χ4v) is 2.23. The molecule has 1 heterocycles. The summed E-state index contributed by atoms with van der Waals surface area (Å²) in [6, 6.07) is 3.28. The van der Waals surface area contributed by atoms with Gasteiger partial charge in [-0.1, -0.05) is 6.92 Å². The maximum Gasteiger partial charge on any atom is 0.0640 e. The maximum absolute atomic E-state index is 4.64. The van der Waals surface area contributed by atoms with E-state index in [2.05, 4.69) is 48.1 Å². The SMILES string of the molecule is CCCNC(Cc1ccn(C(C)C)n1)C1CC1. The van der Waals surface area contributed by atoms with Crippen LogP contribution in [0.15, 0.2) is 12.3 Å². The third-order valence-electron chi connectivity index (χ3n) is 3.47. The van der Waals surface area contributed by atoms with Gasteiger partial charge in [-0.2, -0.15) is 5.10 Å². The zero-order chi connectivity index (χ0) is 12.3. The van der Waals surface area contributed by atoms with Crippen LogP contribution in [-0.4, -0.2) is 22.4 Å². The van der Waals surface area contributed by atoms with Gasteiger partial charge in [0.15, 0.2) is 0 Å². The number of rotatable bonds is 7. The van der Waals surface area contributed by atoms with E-state index < -0.39 is 0 Å². The molecule has 1 N–H and O–H groups in total. The van der Waals surface area contributed by atoms with E-state index in [9.17, 15) is 0 Å². The van der Waals surface area contributed by atoms with Gasteiger partial charge in [-0.15, -0.1) is 0 Å². The molecule has 0 bridgehead atoms. The Labute approximate surface area is 105 Å². The molecule has 1 atom stereocenters.